The maximum atomic E-state index is 5.98. The van der Waals surface area contributed by atoms with E-state index in [2.05, 4.69) is 43.1 Å². The van der Waals surface area contributed by atoms with Crippen molar-refractivity contribution in [1.82, 2.24) is 15.1 Å². The Morgan fingerprint density at radius 3 is 2.17 bits per heavy atom. The molecule has 1 aliphatic rings. The fourth-order valence-electron chi connectivity index (χ4n) is 1.96. The molecule has 1 fully saturated rings. The molecule has 0 aromatic carbocycles. The lowest BCUT2D eigenvalue weighted by atomic mass is 10.4. The Hall–Kier alpha value is -0.200. The Labute approximate surface area is 111 Å². The summed E-state index contributed by atoms with van der Waals surface area (Å²) in [6, 6.07) is -0.743. The molecule has 1 rings (SSSR count). The minimum atomic E-state index is -0.743. The molecule has 0 saturated carbocycles. The van der Waals surface area contributed by atoms with Gasteiger partial charge < -0.3 is 14.4 Å². The lowest BCUT2D eigenvalue weighted by Crippen LogP contribution is -2.65. The van der Waals surface area contributed by atoms with Crippen LogP contribution in [0.15, 0.2) is 0 Å². The third-order valence-electron chi connectivity index (χ3n) is 3.17. The van der Waals surface area contributed by atoms with Crippen LogP contribution in [0.3, 0.4) is 0 Å². The monoisotopic (exact) mass is 259 g/mol. The highest BCUT2D eigenvalue weighted by Gasteiger charge is 2.37. The Morgan fingerprint density at radius 1 is 1.00 bits per heavy atom. The second-order valence-corrected chi connectivity index (χ2v) is 4.93. The molecule has 1 heterocycles. The lowest BCUT2D eigenvalue weighted by molar-refractivity contribution is -0.333. The van der Waals surface area contributed by atoms with Crippen molar-refractivity contribution in [2.45, 2.75) is 32.7 Å². The number of ether oxygens (including phenoxy) is 2. The first kappa shape index (κ1) is 15.9. The largest absolute Gasteiger partial charge is 0.325 e. The van der Waals surface area contributed by atoms with E-state index in [0.29, 0.717) is 13.2 Å². The summed E-state index contributed by atoms with van der Waals surface area (Å²) in [5.74, 6) is 0. The molecule has 0 spiro atoms. The fourth-order valence-corrected chi connectivity index (χ4v) is 1.96. The molecule has 5 heteroatoms. The van der Waals surface area contributed by atoms with Crippen molar-refractivity contribution in [3.8, 4) is 0 Å². The van der Waals surface area contributed by atoms with Crippen LogP contribution in [0.1, 0.15) is 26.7 Å². The van der Waals surface area contributed by atoms with Crippen LogP contribution in [-0.2, 0) is 9.47 Å². The zero-order chi connectivity index (χ0) is 13.4. The molecule has 0 aliphatic carbocycles. The SMILES string of the molecule is CCCOC1(OCCC)NCCN(C)CCN1C. The van der Waals surface area contributed by atoms with E-state index in [-0.39, 0.29) is 0 Å². The number of hydrogen-bond acceptors (Lipinski definition) is 5. The molecule has 108 valence electrons. The van der Waals surface area contributed by atoms with E-state index in [9.17, 15) is 0 Å². The zero-order valence-electron chi connectivity index (χ0n) is 12.4. The molecule has 0 aromatic rings. The van der Waals surface area contributed by atoms with Crippen molar-refractivity contribution in [1.29, 1.82) is 0 Å². The van der Waals surface area contributed by atoms with Crippen LogP contribution in [-0.4, -0.2) is 69.3 Å². The predicted molar refractivity (Wildman–Crippen MR) is 73.3 cm³/mol. The van der Waals surface area contributed by atoms with Gasteiger partial charge in [-0.15, -0.1) is 0 Å². The number of likely N-dealkylation sites (N-methyl/N-ethyl adjacent to an activating group) is 2. The topological polar surface area (TPSA) is 37.0 Å². The van der Waals surface area contributed by atoms with Crippen LogP contribution in [0.25, 0.3) is 0 Å². The van der Waals surface area contributed by atoms with Crippen molar-refractivity contribution in [2.75, 3.05) is 53.5 Å². The minimum absolute atomic E-state index is 0.705. The van der Waals surface area contributed by atoms with Crippen LogP contribution in [0, 0.1) is 0 Å². The molecule has 0 radical (unpaired) electrons. The Morgan fingerprint density at radius 2 is 1.61 bits per heavy atom. The molecule has 0 unspecified atom stereocenters. The van der Waals surface area contributed by atoms with Gasteiger partial charge in [-0.1, -0.05) is 13.8 Å². The average molecular weight is 259 g/mol. The van der Waals surface area contributed by atoms with Crippen LogP contribution < -0.4 is 5.32 Å². The summed E-state index contributed by atoms with van der Waals surface area (Å²) in [4.78, 5) is 4.45. The van der Waals surface area contributed by atoms with E-state index in [1.807, 2.05) is 0 Å². The molecular weight excluding hydrogens is 230 g/mol. The summed E-state index contributed by atoms with van der Waals surface area (Å²) >= 11 is 0. The van der Waals surface area contributed by atoms with Crippen molar-refractivity contribution in [3.63, 3.8) is 0 Å². The van der Waals surface area contributed by atoms with Gasteiger partial charge in [-0.05, 0) is 26.9 Å². The normalized spacial score (nSPS) is 22.7. The van der Waals surface area contributed by atoms with Gasteiger partial charge in [0.2, 0.25) is 0 Å². The summed E-state index contributed by atoms with van der Waals surface area (Å²) in [6.45, 7) is 9.49. The second kappa shape index (κ2) is 8.07. The van der Waals surface area contributed by atoms with Crippen molar-refractivity contribution in [3.05, 3.63) is 0 Å². The highest BCUT2D eigenvalue weighted by Crippen LogP contribution is 2.16. The van der Waals surface area contributed by atoms with Crippen LogP contribution >= 0.6 is 0 Å². The van der Waals surface area contributed by atoms with E-state index in [0.717, 1.165) is 39.0 Å². The first-order valence-corrected chi connectivity index (χ1v) is 7.07. The Bertz CT molecular complexity index is 218. The third kappa shape index (κ3) is 4.48. The number of hydrogen-bond donors (Lipinski definition) is 1. The Kier molecular flexibility index (Phi) is 7.11. The van der Waals surface area contributed by atoms with Gasteiger partial charge in [0.25, 0.3) is 6.03 Å². The first-order chi connectivity index (χ1) is 8.64. The molecule has 1 N–H and O–H groups in total. The highest BCUT2D eigenvalue weighted by molar-refractivity contribution is 4.73. The van der Waals surface area contributed by atoms with Crippen molar-refractivity contribution < 1.29 is 9.47 Å². The zero-order valence-corrected chi connectivity index (χ0v) is 12.4. The van der Waals surface area contributed by atoms with Gasteiger partial charge in [-0.2, -0.15) is 0 Å². The van der Waals surface area contributed by atoms with Gasteiger partial charge in [0.15, 0.2) is 0 Å². The van der Waals surface area contributed by atoms with Gasteiger partial charge in [-0.3, -0.25) is 5.32 Å². The second-order valence-electron chi connectivity index (χ2n) is 4.93. The van der Waals surface area contributed by atoms with Crippen LogP contribution in [0.5, 0.6) is 0 Å². The van der Waals surface area contributed by atoms with Gasteiger partial charge in [0.1, 0.15) is 0 Å². The molecule has 5 nitrogen and oxygen atoms in total. The van der Waals surface area contributed by atoms with Crippen LogP contribution in [0.4, 0.5) is 0 Å². The fraction of sp³-hybridized carbons (Fsp3) is 1.00. The standard InChI is InChI=1S/C13H29N3O2/c1-5-11-17-13(18-12-6-2)14-7-8-15(3)9-10-16(13)4/h14H,5-12H2,1-4H3. The van der Waals surface area contributed by atoms with Gasteiger partial charge in [-0.25, -0.2) is 4.90 Å². The van der Waals surface area contributed by atoms with Crippen molar-refractivity contribution >= 4 is 0 Å². The summed E-state index contributed by atoms with van der Waals surface area (Å²) in [5, 5.41) is 3.42. The molecule has 0 bridgehead atoms. The van der Waals surface area contributed by atoms with E-state index in [1.165, 1.54) is 0 Å². The van der Waals surface area contributed by atoms with Gasteiger partial charge >= 0.3 is 0 Å². The van der Waals surface area contributed by atoms with E-state index >= 15 is 0 Å². The number of nitrogens with zero attached hydrogens (tertiary/aromatic N) is 2. The summed E-state index contributed by atoms with van der Waals surface area (Å²) in [5.41, 5.74) is 0. The quantitative estimate of drug-likeness (QED) is 0.718. The molecular formula is C13H29N3O2. The maximum Gasteiger partial charge on any atom is 0.294 e. The van der Waals surface area contributed by atoms with Gasteiger partial charge in [0.05, 0.1) is 13.2 Å². The molecule has 1 saturated heterocycles. The minimum Gasteiger partial charge on any atom is -0.325 e. The molecule has 1 aliphatic heterocycles. The van der Waals surface area contributed by atoms with E-state index in [4.69, 9.17) is 9.47 Å². The highest BCUT2D eigenvalue weighted by atomic mass is 16.7. The predicted octanol–water partition coefficient (Wildman–Crippen LogP) is 0.918. The van der Waals surface area contributed by atoms with E-state index in [1.54, 1.807) is 0 Å². The average Bonchev–Trinajstić information content (AvgIpc) is 2.37. The summed E-state index contributed by atoms with van der Waals surface area (Å²) < 4.78 is 12.0. The summed E-state index contributed by atoms with van der Waals surface area (Å²) in [7, 11) is 4.19. The first-order valence-electron chi connectivity index (χ1n) is 7.07. The molecule has 0 atom stereocenters. The maximum absolute atomic E-state index is 5.98. The summed E-state index contributed by atoms with van der Waals surface area (Å²) in [6.07, 6.45) is 1.99. The van der Waals surface area contributed by atoms with Crippen molar-refractivity contribution in [2.24, 2.45) is 0 Å². The van der Waals surface area contributed by atoms with Gasteiger partial charge in [0, 0.05) is 26.2 Å². The third-order valence-corrected chi connectivity index (χ3v) is 3.17. The number of nitrogens with one attached hydrogen (secondary N) is 1. The molecule has 0 amide bonds. The Balaban J connectivity index is 2.69. The van der Waals surface area contributed by atoms with E-state index < -0.39 is 6.03 Å². The smallest absolute Gasteiger partial charge is 0.294 e. The number of rotatable bonds is 6. The molecule has 18 heavy (non-hydrogen) atoms. The van der Waals surface area contributed by atoms with Crippen LogP contribution in [0.2, 0.25) is 0 Å². The lowest BCUT2D eigenvalue weighted by Gasteiger charge is -2.43. The molecule has 0 aromatic heterocycles.